The lowest BCUT2D eigenvalue weighted by Crippen LogP contribution is -2.44. The lowest BCUT2D eigenvalue weighted by molar-refractivity contribution is -0.135. The van der Waals surface area contributed by atoms with E-state index in [4.69, 9.17) is 0 Å². The van der Waals surface area contributed by atoms with Crippen molar-refractivity contribution in [3.63, 3.8) is 0 Å². The number of amidine groups is 1. The van der Waals surface area contributed by atoms with Crippen molar-refractivity contribution in [3.05, 3.63) is 40.6 Å². The minimum absolute atomic E-state index is 0.156. The maximum atomic E-state index is 14.4. The van der Waals surface area contributed by atoms with Gasteiger partial charge in [-0.3, -0.25) is 10.1 Å². The highest BCUT2D eigenvalue weighted by Crippen LogP contribution is 2.23. The summed E-state index contributed by atoms with van der Waals surface area (Å²) in [7, 11) is 3.29. The Morgan fingerprint density at radius 2 is 2.07 bits per heavy atom. The number of nitrogens with one attached hydrogen (secondary N) is 1. The van der Waals surface area contributed by atoms with Gasteiger partial charge in [0.1, 0.15) is 5.82 Å². The quantitative estimate of drug-likeness (QED) is 0.351. The van der Waals surface area contributed by atoms with Crippen molar-refractivity contribution < 1.29 is 18.7 Å². The lowest BCUT2D eigenvalue weighted by Gasteiger charge is -2.34. The van der Waals surface area contributed by atoms with Crippen molar-refractivity contribution in [2.75, 3.05) is 45.2 Å². The van der Waals surface area contributed by atoms with Crippen LogP contribution in [0.5, 0.6) is 0 Å². The molecule has 28 heavy (non-hydrogen) atoms. The van der Waals surface area contributed by atoms with E-state index in [1.54, 1.807) is 6.07 Å². The molecule has 1 aromatic rings. The highest BCUT2D eigenvalue weighted by atomic mass is 32.2. The van der Waals surface area contributed by atoms with Crippen LogP contribution in [0.3, 0.4) is 0 Å². The summed E-state index contributed by atoms with van der Waals surface area (Å²) < 4.78 is 18.9. The van der Waals surface area contributed by atoms with Gasteiger partial charge in [-0.15, -0.1) is 5.10 Å². The summed E-state index contributed by atoms with van der Waals surface area (Å²) in [6.45, 7) is 3.60. The first-order valence-corrected chi connectivity index (χ1v) is 9.41. The number of rotatable bonds is 4. The number of hydrogen-bond donors (Lipinski definition) is 1. The Bertz CT molecular complexity index is 863. The molecule has 0 bridgehead atoms. The molecule has 3 rings (SSSR count). The van der Waals surface area contributed by atoms with Crippen LogP contribution >= 0.6 is 11.8 Å². The summed E-state index contributed by atoms with van der Waals surface area (Å²) in [5.41, 5.74) is 1.13. The van der Waals surface area contributed by atoms with E-state index < -0.39 is 17.7 Å². The number of nitrogens with zero attached hydrogens (tertiary/aromatic N) is 4. The Kier molecular flexibility index (Phi) is 6.42. The molecule has 2 aliphatic heterocycles. The summed E-state index contributed by atoms with van der Waals surface area (Å²) in [5, 5.41) is 10.4. The summed E-state index contributed by atoms with van der Waals surface area (Å²) in [5.74, 6) is -1.49. The van der Waals surface area contributed by atoms with Crippen molar-refractivity contribution in [2.45, 2.75) is 0 Å². The molecule has 2 heterocycles. The number of benzene rings is 1. The monoisotopic (exact) mass is 405 g/mol. The zero-order valence-electron chi connectivity index (χ0n) is 15.5. The molecule has 148 valence electrons. The molecule has 0 aromatic heterocycles. The molecule has 2 fully saturated rings. The number of thioether (sulfide) groups is 1. The summed E-state index contributed by atoms with van der Waals surface area (Å²) in [4.78, 5) is 27.5. The van der Waals surface area contributed by atoms with E-state index in [1.807, 2.05) is 6.07 Å². The van der Waals surface area contributed by atoms with E-state index in [-0.39, 0.29) is 10.1 Å². The number of methoxy groups -OCH3 is 1. The minimum Gasteiger partial charge on any atom is -0.466 e. The van der Waals surface area contributed by atoms with E-state index in [9.17, 15) is 14.0 Å². The van der Waals surface area contributed by atoms with E-state index in [1.165, 1.54) is 19.4 Å². The van der Waals surface area contributed by atoms with Gasteiger partial charge < -0.3 is 14.5 Å². The molecule has 0 radical (unpaired) electrons. The fraction of sp³-hybridized carbons (Fsp3) is 0.333. The van der Waals surface area contributed by atoms with Crippen LogP contribution in [0.1, 0.15) is 5.56 Å². The molecule has 2 aliphatic rings. The number of hydrogen-bond acceptors (Lipinski definition) is 8. The average Bonchev–Trinajstić information content (AvgIpc) is 3.02. The number of carbonyl (C=O) groups excluding carboxylic acids is 2. The highest BCUT2D eigenvalue weighted by Gasteiger charge is 2.25. The van der Waals surface area contributed by atoms with E-state index in [0.29, 0.717) is 5.56 Å². The van der Waals surface area contributed by atoms with Crippen molar-refractivity contribution in [1.29, 1.82) is 0 Å². The number of halogens is 1. The summed E-state index contributed by atoms with van der Waals surface area (Å²) >= 11 is 0.955. The average molecular weight is 405 g/mol. The number of ether oxygens (including phenoxy) is 1. The minimum atomic E-state index is -0.634. The van der Waals surface area contributed by atoms with E-state index in [2.05, 4.69) is 37.1 Å². The number of piperazine rings is 1. The molecule has 0 aliphatic carbocycles. The van der Waals surface area contributed by atoms with E-state index in [0.717, 1.165) is 49.7 Å². The Hall–Kier alpha value is -2.72. The predicted octanol–water partition coefficient (Wildman–Crippen LogP) is 1.19. The van der Waals surface area contributed by atoms with Crippen molar-refractivity contribution in [2.24, 2.45) is 10.2 Å². The van der Waals surface area contributed by atoms with Crippen LogP contribution in [0.25, 0.3) is 0 Å². The number of esters is 1. The fourth-order valence-electron chi connectivity index (χ4n) is 2.67. The maximum absolute atomic E-state index is 14.4. The highest BCUT2D eigenvalue weighted by molar-refractivity contribution is 8.18. The molecule has 1 aromatic carbocycles. The van der Waals surface area contributed by atoms with Gasteiger partial charge in [0.05, 0.1) is 18.2 Å². The zero-order chi connectivity index (χ0) is 20.1. The lowest BCUT2D eigenvalue weighted by atomic mass is 10.2. The number of anilines is 1. The molecule has 10 heteroatoms. The van der Waals surface area contributed by atoms with Gasteiger partial charge in [0.25, 0.3) is 5.91 Å². The largest absolute Gasteiger partial charge is 0.466 e. The number of carbonyl (C=O) groups is 2. The smallest absolute Gasteiger partial charge is 0.331 e. The van der Waals surface area contributed by atoms with Gasteiger partial charge in [0.15, 0.2) is 5.17 Å². The van der Waals surface area contributed by atoms with Crippen LogP contribution in [-0.2, 0) is 14.3 Å². The molecule has 0 unspecified atom stereocenters. The van der Waals surface area contributed by atoms with E-state index >= 15 is 0 Å². The molecular weight excluding hydrogens is 385 g/mol. The van der Waals surface area contributed by atoms with Crippen LogP contribution in [-0.4, -0.2) is 68.5 Å². The molecule has 0 spiro atoms. The molecule has 1 N–H and O–H groups in total. The second kappa shape index (κ2) is 8.98. The van der Waals surface area contributed by atoms with Gasteiger partial charge >= 0.3 is 5.97 Å². The molecule has 8 nitrogen and oxygen atoms in total. The van der Waals surface area contributed by atoms with Gasteiger partial charge in [-0.05, 0) is 37.0 Å². The maximum Gasteiger partial charge on any atom is 0.331 e. The molecule has 1 amide bonds. The summed E-state index contributed by atoms with van der Waals surface area (Å²) in [6, 6.07) is 4.99. The molecule has 0 saturated carbocycles. The first-order valence-electron chi connectivity index (χ1n) is 8.59. The fourth-order valence-corrected chi connectivity index (χ4v) is 3.41. The van der Waals surface area contributed by atoms with Crippen LogP contribution < -0.4 is 10.2 Å². The second-order valence-corrected chi connectivity index (χ2v) is 7.26. The van der Waals surface area contributed by atoms with Crippen molar-refractivity contribution >= 4 is 40.7 Å². The van der Waals surface area contributed by atoms with Gasteiger partial charge in [0.2, 0.25) is 0 Å². The van der Waals surface area contributed by atoms with Crippen LogP contribution in [0.2, 0.25) is 0 Å². The van der Waals surface area contributed by atoms with Gasteiger partial charge in [0, 0.05) is 43.5 Å². The predicted molar refractivity (Wildman–Crippen MR) is 107 cm³/mol. The zero-order valence-corrected chi connectivity index (χ0v) is 16.3. The third kappa shape index (κ3) is 4.96. The van der Waals surface area contributed by atoms with Crippen molar-refractivity contribution in [1.82, 2.24) is 10.2 Å². The normalized spacial score (nSPS) is 21.0. The molecule has 2 saturated heterocycles. The number of amides is 1. The first-order chi connectivity index (χ1) is 13.5. The third-order valence-corrected chi connectivity index (χ3v) is 5.20. The van der Waals surface area contributed by atoms with Gasteiger partial charge in [-0.2, -0.15) is 5.10 Å². The second-order valence-electron chi connectivity index (χ2n) is 6.23. The van der Waals surface area contributed by atoms with Crippen molar-refractivity contribution in [3.8, 4) is 0 Å². The summed E-state index contributed by atoms with van der Waals surface area (Å²) in [6.07, 6.45) is 2.35. The molecule has 0 atom stereocenters. The van der Waals surface area contributed by atoms with Gasteiger partial charge in [-0.25, -0.2) is 9.18 Å². The standard InChI is InChI=1S/C18H20FN5O3S/c1-23-5-7-24(8-6-23)13-4-3-12(14(19)9-13)11-20-22-18-21-17(26)15(28-18)10-16(25)27-2/h3-4,9-11H,5-8H2,1-2H3,(H,21,22,26)/b15-10+,20-11?. The topological polar surface area (TPSA) is 86.6 Å². The third-order valence-electron chi connectivity index (χ3n) is 4.30. The Labute approximate surface area is 166 Å². The van der Waals surface area contributed by atoms with Crippen LogP contribution in [0.15, 0.2) is 39.4 Å². The Morgan fingerprint density at radius 1 is 1.32 bits per heavy atom. The Morgan fingerprint density at radius 3 is 2.75 bits per heavy atom. The van der Waals surface area contributed by atoms with Crippen LogP contribution in [0, 0.1) is 5.82 Å². The van der Waals surface area contributed by atoms with Gasteiger partial charge in [-0.1, -0.05) is 0 Å². The van der Waals surface area contributed by atoms with Crippen LogP contribution in [0.4, 0.5) is 10.1 Å². The first kappa shape index (κ1) is 20.0. The molecular formula is C18H20FN5O3S. The SMILES string of the molecule is COC(=O)/C=C1/S/C(=N\N=Cc2ccc(N3CCN(C)CC3)cc2F)NC1=O. The number of likely N-dealkylation sites (N-methyl/N-ethyl adjacent to an activating group) is 1. The Balaban J connectivity index is 1.65.